The Kier molecular flexibility index (Phi) is 4.54. The Morgan fingerprint density at radius 2 is 1.78 bits per heavy atom. The third kappa shape index (κ3) is 3.14. The summed E-state index contributed by atoms with van der Waals surface area (Å²) in [5, 5.41) is 4.91. The summed E-state index contributed by atoms with van der Waals surface area (Å²) in [5.41, 5.74) is 7.54. The molecule has 32 heavy (non-hydrogen) atoms. The first-order valence-corrected chi connectivity index (χ1v) is 9.78. The number of nitrogens with two attached hydrogens (primary N) is 1. The van der Waals surface area contributed by atoms with E-state index in [1.165, 1.54) is 23.5 Å². The topological polar surface area (TPSA) is 78.8 Å². The van der Waals surface area contributed by atoms with Gasteiger partial charge in [-0.3, -0.25) is 0 Å². The Labute approximate surface area is 179 Å². The number of hydrogen-bond donors (Lipinski definition) is 1. The largest absolute Gasteiger partial charge is 0.494 e. The molecule has 0 spiro atoms. The van der Waals surface area contributed by atoms with Crippen LogP contribution in [0.3, 0.4) is 0 Å². The highest BCUT2D eigenvalue weighted by Gasteiger charge is 2.37. The normalized spacial score (nSPS) is 14.2. The monoisotopic (exact) mass is 443 g/mol. The third-order valence-corrected chi connectivity index (χ3v) is 5.73. The maximum Gasteiger partial charge on any atom is 0.419 e. The van der Waals surface area contributed by atoms with Crippen LogP contribution in [0.25, 0.3) is 22.3 Å². The number of hydrogen-bond acceptors (Lipinski definition) is 5. The molecule has 1 aliphatic rings. The second-order valence-corrected chi connectivity index (χ2v) is 7.62. The number of halogens is 4. The van der Waals surface area contributed by atoms with Crippen LogP contribution in [0.2, 0.25) is 0 Å². The van der Waals surface area contributed by atoms with Crippen LogP contribution in [-0.4, -0.2) is 26.9 Å². The van der Waals surface area contributed by atoms with Crippen LogP contribution in [0.4, 0.5) is 23.4 Å². The molecule has 0 amide bonds. The minimum absolute atomic E-state index is 0.0105. The molecule has 0 unspecified atom stereocenters. The number of nitrogens with zero attached hydrogens (tertiary/aromatic N) is 4. The van der Waals surface area contributed by atoms with Crippen molar-refractivity contribution in [3.05, 3.63) is 65.2 Å². The van der Waals surface area contributed by atoms with Crippen LogP contribution in [-0.2, 0) is 19.0 Å². The number of methoxy groups -OCH3 is 1. The lowest BCUT2D eigenvalue weighted by molar-refractivity contribution is -0.140. The van der Waals surface area contributed by atoms with Crippen LogP contribution in [0.5, 0.6) is 5.75 Å². The van der Waals surface area contributed by atoms with Gasteiger partial charge in [0.05, 0.1) is 24.1 Å². The van der Waals surface area contributed by atoms with Gasteiger partial charge in [-0.05, 0) is 36.1 Å². The molecule has 2 aromatic heterocycles. The number of alkyl halides is 3. The van der Waals surface area contributed by atoms with Crippen molar-refractivity contribution in [3.8, 4) is 17.0 Å². The van der Waals surface area contributed by atoms with Crippen LogP contribution in [0.1, 0.15) is 22.7 Å². The molecule has 0 aliphatic heterocycles. The molecule has 0 fully saturated rings. The number of fused-ring (bicyclic) bond motifs is 2. The molecule has 0 saturated heterocycles. The molecule has 0 radical (unpaired) electrons. The second-order valence-electron chi connectivity index (χ2n) is 7.62. The predicted octanol–water partition coefficient (Wildman–Crippen LogP) is 4.58. The second kappa shape index (κ2) is 7.18. The van der Waals surface area contributed by atoms with E-state index >= 15 is 0 Å². The van der Waals surface area contributed by atoms with Gasteiger partial charge >= 0.3 is 6.18 Å². The van der Waals surface area contributed by atoms with Crippen LogP contribution < -0.4 is 10.5 Å². The van der Waals surface area contributed by atoms with E-state index in [0.29, 0.717) is 29.9 Å². The molecule has 6 nitrogen and oxygen atoms in total. The molecular formula is C22H17F4N5O. The van der Waals surface area contributed by atoms with E-state index in [-0.39, 0.29) is 23.1 Å². The Morgan fingerprint density at radius 1 is 1.09 bits per heavy atom. The number of rotatable bonds is 3. The summed E-state index contributed by atoms with van der Waals surface area (Å²) in [4.78, 5) is 8.30. The Morgan fingerprint density at radius 3 is 2.41 bits per heavy atom. The fraction of sp³-hybridized carbons (Fsp3) is 0.227. The van der Waals surface area contributed by atoms with Crippen molar-refractivity contribution in [2.75, 3.05) is 12.8 Å². The summed E-state index contributed by atoms with van der Waals surface area (Å²) in [6.07, 6.45) is -2.25. The zero-order valence-corrected chi connectivity index (χ0v) is 16.8. The van der Waals surface area contributed by atoms with Gasteiger partial charge in [-0.15, -0.1) is 0 Å². The average molecular weight is 443 g/mol. The molecular weight excluding hydrogens is 426 g/mol. The number of aromatic nitrogens is 4. The highest BCUT2D eigenvalue weighted by atomic mass is 19.4. The molecule has 5 rings (SSSR count). The van der Waals surface area contributed by atoms with Crippen molar-refractivity contribution in [1.82, 2.24) is 19.7 Å². The van der Waals surface area contributed by atoms with E-state index in [2.05, 4.69) is 15.1 Å². The van der Waals surface area contributed by atoms with Gasteiger partial charge in [0.15, 0.2) is 17.2 Å². The molecule has 0 atom stereocenters. The van der Waals surface area contributed by atoms with Crippen molar-refractivity contribution in [1.29, 1.82) is 0 Å². The van der Waals surface area contributed by atoms with Crippen molar-refractivity contribution in [3.63, 3.8) is 0 Å². The fourth-order valence-electron chi connectivity index (χ4n) is 4.25. The minimum Gasteiger partial charge on any atom is -0.494 e. The van der Waals surface area contributed by atoms with Gasteiger partial charge in [-0.2, -0.15) is 18.3 Å². The first kappa shape index (κ1) is 20.2. The van der Waals surface area contributed by atoms with Crippen molar-refractivity contribution in [2.24, 2.45) is 0 Å². The summed E-state index contributed by atoms with van der Waals surface area (Å²) in [7, 11) is 1.10. The lowest BCUT2D eigenvalue weighted by Gasteiger charge is -2.13. The average Bonchev–Trinajstić information content (AvgIpc) is 3.35. The van der Waals surface area contributed by atoms with Gasteiger partial charge in [0.2, 0.25) is 0 Å². The van der Waals surface area contributed by atoms with E-state index in [0.717, 1.165) is 7.11 Å². The fourth-order valence-corrected chi connectivity index (χ4v) is 4.25. The van der Waals surface area contributed by atoms with Gasteiger partial charge in [-0.25, -0.2) is 19.0 Å². The molecule has 2 aromatic carbocycles. The molecule has 164 valence electrons. The van der Waals surface area contributed by atoms with Crippen LogP contribution in [0.15, 0.2) is 42.7 Å². The summed E-state index contributed by atoms with van der Waals surface area (Å²) >= 11 is 0. The molecule has 4 aromatic rings. The van der Waals surface area contributed by atoms with Crippen molar-refractivity contribution in [2.45, 2.75) is 25.1 Å². The number of ether oxygens (including phenoxy) is 1. The summed E-state index contributed by atoms with van der Waals surface area (Å²) in [6.45, 7) is 0. The molecule has 10 heteroatoms. The van der Waals surface area contributed by atoms with E-state index in [1.807, 2.05) is 24.3 Å². The van der Waals surface area contributed by atoms with E-state index in [4.69, 9.17) is 10.5 Å². The first-order chi connectivity index (χ1) is 15.3. The summed E-state index contributed by atoms with van der Waals surface area (Å²) in [5.74, 6) is -1.95. The van der Waals surface area contributed by atoms with E-state index in [1.54, 1.807) is 4.68 Å². The highest BCUT2D eigenvalue weighted by Crippen LogP contribution is 2.41. The first-order valence-electron chi connectivity index (χ1n) is 9.78. The zero-order chi connectivity index (χ0) is 22.6. The number of nitrogen functional groups attached to an aromatic ring is 1. The quantitative estimate of drug-likeness (QED) is 0.469. The summed E-state index contributed by atoms with van der Waals surface area (Å²) in [6, 6.07) is 9.76. The standard InChI is InChI=1S/C22H17F4N5O/c1-32-16-9-13(8-15(18(16)23)22(24,25)26)19-17-20(27)28-10-29-21(17)31(30-19)14-6-11-4-2-3-5-12(11)7-14/h2-5,8-10,14H,6-7H2,1H3,(H2,27,28,29). The maximum absolute atomic E-state index is 14.3. The van der Waals surface area contributed by atoms with Crippen LogP contribution >= 0.6 is 0 Å². The Balaban J connectivity index is 1.72. The molecule has 2 heterocycles. The van der Waals surface area contributed by atoms with Gasteiger partial charge in [0.1, 0.15) is 17.8 Å². The lowest BCUT2D eigenvalue weighted by atomic mass is 10.0. The molecule has 1 aliphatic carbocycles. The van der Waals surface area contributed by atoms with Crippen molar-refractivity contribution >= 4 is 16.9 Å². The minimum atomic E-state index is -4.92. The Bertz CT molecular complexity index is 1320. The molecule has 0 bridgehead atoms. The lowest BCUT2D eigenvalue weighted by Crippen LogP contribution is -2.12. The predicted molar refractivity (Wildman–Crippen MR) is 110 cm³/mol. The highest BCUT2D eigenvalue weighted by molar-refractivity contribution is 5.98. The molecule has 2 N–H and O–H groups in total. The smallest absolute Gasteiger partial charge is 0.419 e. The number of anilines is 1. The summed E-state index contributed by atoms with van der Waals surface area (Å²) < 4.78 is 61.3. The maximum atomic E-state index is 14.3. The van der Waals surface area contributed by atoms with Crippen molar-refractivity contribution < 1.29 is 22.3 Å². The van der Waals surface area contributed by atoms with Gasteiger partial charge in [0, 0.05) is 5.56 Å². The van der Waals surface area contributed by atoms with Gasteiger partial charge in [-0.1, -0.05) is 24.3 Å². The number of benzene rings is 2. The SMILES string of the molecule is COc1cc(-c2nn(C3Cc4ccccc4C3)c3ncnc(N)c23)cc(C(F)(F)F)c1F. The van der Waals surface area contributed by atoms with E-state index in [9.17, 15) is 17.6 Å². The Hall–Kier alpha value is -3.69. The van der Waals surface area contributed by atoms with Crippen LogP contribution in [0, 0.1) is 5.82 Å². The third-order valence-electron chi connectivity index (χ3n) is 5.73. The van der Waals surface area contributed by atoms with Gasteiger partial charge < -0.3 is 10.5 Å². The van der Waals surface area contributed by atoms with E-state index < -0.39 is 23.3 Å². The molecule has 0 saturated carbocycles. The van der Waals surface area contributed by atoms with Gasteiger partial charge in [0.25, 0.3) is 0 Å². The zero-order valence-electron chi connectivity index (χ0n) is 16.8.